The van der Waals surface area contributed by atoms with Gasteiger partial charge in [-0.2, -0.15) is 0 Å². The zero-order valence-electron chi connectivity index (χ0n) is 20.1. The van der Waals surface area contributed by atoms with Crippen LogP contribution in [-0.4, -0.2) is 69.6 Å². The molecule has 2 aliphatic rings. The molecular weight excluding hydrogens is 457 g/mol. The van der Waals surface area contributed by atoms with Gasteiger partial charge in [0.25, 0.3) is 0 Å². The Morgan fingerprint density at radius 3 is 2.44 bits per heavy atom. The van der Waals surface area contributed by atoms with E-state index in [1.807, 2.05) is 39.9 Å². The van der Waals surface area contributed by atoms with Crippen molar-refractivity contribution in [3.63, 3.8) is 0 Å². The average Bonchev–Trinajstić information content (AvgIpc) is 3.60. The molecule has 3 aromatic heterocycles. The molecule has 184 valence electrons. The molecule has 0 aliphatic carbocycles. The number of amides is 1. The summed E-state index contributed by atoms with van der Waals surface area (Å²) in [5.41, 5.74) is 3.31. The van der Waals surface area contributed by atoms with Gasteiger partial charge >= 0.3 is 0 Å². The van der Waals surface area contributed by atoms with Crippen LogP contribution in [0.2, 0.25) is 0 Å². The van der Waals surface area contributed by atoms with Crippen molar-refractivity contribution in [2.75, 3.05) is 49.1 Å². The molecule has 0 saturated carbocycles. The van der Waals surface area contributed by atoms with Crippen LogP contribution in [0.4, 0.5) is 16.0 Å². The van der Waals surface area contributed by atoms with E-state index < -0.39 is 0 Å². The molecule has 0 atom stereocenters. The van der Waals surface area contributed by atoms with Crippen LogP contribution in [0.3, 0.4) is 0 Å². The molecule has 4 aromatic rings. The summed E-state index contributed by atoms with van der Waals surface area (Å²) in [5, 5.41) is 1.02. The molecule has 2 fully saturated rings. The van der Waals surface area contributed by atoms with Gasteiger partial charge in [0.2, 0.25) is 11.9 Å². The summed E-state index contributed by atoms with van der Waals surface area (Å²) in [4.78, 5) is 32.8. The molecule has 1 amide bonds. The van der Waals surface area contributed by atoms with Gasteiger partial charge in [0.1, 0.15) is 18.0 Å². The van der Waals surface area contributed by atoms with E-state index in [9.17, 15) is 9.18 Å². The summed E-state index contributed by atoms with van der Waals surface area (Å²) < 4.78 is 16.2. The normalized spacial score (nSPS) is 16.2. The highest BCUT2D eigenvalue weighted by Crippen LogP contribution is 2.32. The lowest BCUT2D eigenvalue weighted by molar-refractivity contribution is -0.132. The monoisotopic (exact) mass is 485 g/mol. The third kappa shape index (κ3) is 4.36. The second-order valence-electron chi connectivity index (χ2n) is 9.36. The van der Waals surface area contributed by atoms with Gasteiger partial charge in [0.05, 0.1) is 0 Å². The molecule has 0 unspecified atom stereocenters. The molecule has 9 heteroatoms. The minimum atomic E-state index is -0.293. The molecule has 1 aromatic carbocycles. The van der Waals surface area contributed by atoms with E-state index in [4.69, 9.17) is 0 Å². The molecule has 0 N–H and O–H groups in total. The van der Waals surface area contributed by atoms with Crippen LogP contribution in [0.1, 0.15) is 12.8 Å². The van der Waals surface area contributed by atoms with Gasteiger partial charge in [-0.1, -0.05) is 0 Å². The molecule has 2 aliphatic heterocycles. The van der Waals surface area contributed by atoms with Crippen molar-refractivity contribution in [3.05, 3.63) is 67.0 Å². The Morgan fingerprint density at radius 1 is 0.889 bits per heavy atom. The lowest BCUT2D eigenvalue weighted by Gasteiger charge is -2.37. The Balaban J connectivity index is 1.15. The summed E-state index contributed by atoms with van der Waals surface area (Å²) in [7, 11) is 0. The number of fused-ring (bicyclic) bond motifs is 1. The minimum Gasteiger partial charge on any atom is -0.367 e. The van der Waals surface area contributed by atoms with Crippen molar-refractivity contribution in [1.82, 2.24) is 24.4 Å². The Hall–Kier alpha value is -4.01. The number of piperazine rings is 1. The van der Waals surface area contributed by atoms with E-state index in [0.29, 0.717) is 26.2 Å². The summed E-state index contributed by atoms with van der Waals surface area (Å²) >= 11 is 0. The summed E-state index contributed by atoms with van der Waals surface area (Å²) in [5.74, 6) is 0.508. The van der Waals surface area contributed by atoms with E-state index in [-0.39, 0.29) is 18.3 Å². The van der Waals surface area contributed by atoms with Crippen LogP contribution in [0, 0.1) is 5.82 Å². The fourth-order valence-corrected chi connectivity index (χ4v) is 5.15. The maximum absolute atomic E-state index is 14.3. The van der Waals surface area contributed by atoms with Crippen molar-refractivity contribution in [2.24, 2.45) is 0 Å². The summed E-state index contributed by atoms with van der Waals surface area (Å²) in [6.45, 7) is 4.77. The van der Waals surface area contributed by atoms with Gasteiger partial charge in [-0.3, -0.25) is 4.79 Å². The first-order chi connectivity index (χ1) is 17.7. The summed E-state index contributed by atoms with van der Waals surface area (Å²) in [6.07, 6.45) is 9.54. The smallest absolute Gasteiger partial charge is 0.242 e. The molecule has 0 spiro atoms. The average molecular weight is 486 g/mol. The number of nitrogens with zero attached hydrogens (tertiary/aromatic N) is 7. The fourth-order valence-electron chi connectivity index (χ4n) is 5.15. The lowest BCUT2D eigenvalue weighted by atomic mass is 10.0. The first kappa shape index (κ1) is 22.5. The first-order valence-corrected chi connectivity index (χ1v) is 12.5. The number of halogens is 1. The number of anilines is 2. The zero-order chi connectivity index (χ0) is 24.5. The summed E-state index contributed by atoms with van der Waals surface area (Å²) in [6, 6.07) is 10.7. The maximum Gasteiger partial charge on any atom is 0.242 e. The zero-order valence-corrected chi connectivity index (χ0v) is 20.1. The largest absolute Gasteiger partial charge is 0.367 e. The Bertz CT molecular complexity index is 1370. The van der Waals surface area contributed by atoms with Crippen LogP contribution in [0.25, 0.3) is 22.2 Å². The number of carbonyl (C=O) groups is 1. The van der Waals surface area contributed by atoms with Crippen LogP contribution in [-0.2, 0) is 11.3 Å². The van der Waals surface area contributed by atoms with Gasteiger partial charge in [-0.15, -0.1) is 0 Å². The topological polar surface area (TPSA) is 70.4 Å². The van der Waals surface area contributed by atoms with Crippen LogP contribution in [0.5, 0.6) is 0 Å². The molecule has 2 saturated heterocycles. The highest BCUT2D eigenvalue weighted by atomic mass is 19.1. The predicted molar refractivity (Wildman–Crippen MR) is 137 cm³/mol. The number of aromatic nitrogens is 4. The van der Waals surface area contributed by atoms with Gasteiger partial charge in [-0.05, 0) is 49.2 Å². The maximum atomic E-state index is 14.3. The number of carbonyl (C=O) groups excluding carboxylic acids is 1. The van der Waals surface area contributed by atoms with Crippen molar-refractivity contribution in [3.8, 4) is 11.1 Å². The van der Waals surface area contributed by atoms with E-state index in [0.717, 1.165) is 59.7 Å². The van der Waals surface area contributed by atoms with Crippen molar-refractivity contribution >= 4 is 28.6 Å². The van der Waals surface area contributed by atoms with Crippen molar-refractivity contribution in [2.45, 2.75) is 19.4 Å². The number of pyridine rings is 1. The quantitative estimate of drug-likeness (QED) is 0.430. The second-order valence-corrected chi connectivity index (χ2v) is 9.36. The highest BCUT2D eigenvalue weighted by molar-refractivity contribution is 5.82. The van der Waals surface area contributed by atoms with Crippen LogP contribution in [0.15, 0.2) is 61.2 Å². The number of benzene rings is 1. The SMILES string of the molecule is O=C(Cn1ccc2cccnc21)N1CCN(c2ccc(F)cc2-c2cnc(N3CCCC3)nc2)CC1. The predicted octanol–water partition coefficient (Wildman–Crippen LogP) is 3.58. The van der Waals surface area contributed by atoms with Gasteiger partial charge in [-0.25, -0.2) is 19.3 Å². The first-order valence-electron chi connectivity index (χ1n) is 12.5. The van der Waals surface area contributed by atoms with E-state index in [2.05, 4.69) is 24.8 Å². The van der Waals surface area contributed by atoms with Crippen LogP contribution >= 0.6 is 0 Å². The second kappa shape index (κ2) is 9.56. The molecule has 8 nitrogen and oxygen atoms in total. The third-order valence-corrected chi connectivity index (χ3v) is 7.10. The molecule has 0 bridgehead atoms. The van der Waals surface area contributed by atoms with Gasteiger partial charge in [0.15, 0.2) is 0 Å². The molecule has 0 radical (unpaired) electrons. The van der Waals surface area contributed by atoms with E-state index >= 15 is 0 Å². The highest BCUT2D eigenvalue weighted by Gasteiger charge is 2.24. The van der Waals surface area contributed by atoms with E-state index in [1.165, 1.54) is 6.07 Å². The molecule has 6 rings (SSSR count). The third-order valence-electron chi connectivity index (χ3n) is 7.10. The van der Waals surface area contributed by atoms with Crippen molar-refractivity contribution in [1.29, 1.82) is 0 Å². The number of hydrogen-bond acceptors (Lipinski definition) is 6. The van der Waals surface area contributed by atoms with E-state index in [1.54, 1.807) is 24.7 Å². The Labute approximate surface area is 209 Å². The molecule has 36 heavy (non-hydrogen) atoms. The van der Waals surface area contributed by atoms with Crippen molar-refractivity contribution < 1.29 is 9.18 Å². The lowest BCUT2D eigenvalue weighted by Crippen LogP contribution is -2.49. The number of hydrogen-bond donors (Lipinski definition) is 0. The number of rotatable bonds is 5. The Kier molecular flexibility index (Phi) is 5.96. The standard InChI is InChI=1S/C27H28FN7O/c28-22-5-6-24(23(16-22)21-17-30-27(31-18-21)34-9-1-2-10-34)32-12-14-33(15-13-32)25(36)19-35-11-7-20-4-3-8-29-26(20)35/h3-8,11,16-18H,1-2,9-10,12-15,19H2. The fraction of sp³-hybridized carbons (Fsp3) is 0.333. The molecular formula is C27H28FN7O. The molecule has 5 heterocycles. The minimum absolute atomic E-state index is 0.0723. The Morgan fingerprint density at radius 2 is 1.67 bits per heavy atom. The van der Waals surface area contributed by atoms with Crippen LogP contribution < -0.4 is 9.80 Å². The van der Waals surface area contributed by atoms with Gasteiger partial charge < -0.3 is 19.3 Å². The van der Waals surface area contributed by atoms with Gasteiger partial charge in [0, 0.05) is 86.3 Å².